The summed E-state index contributed by atoms with van der Waals surface area (Å²) in [5.74, 6) is 0.707. The lowest BCUT2D eigenvalue weighted by Gasteiger charge is -2.28. The van der Waals surface area contributed by atoms with Crippen LogP contribution in [-0.4, -0.2) is 13.2 Å². The Morgan fingerprint density at radius 3 is 2.54 bits per heavy atom. The van der Waals surface area contributed by atoms with Crippen LogP contribution in [-0.2, 0) is 4.74 Å². The van der Waals surface area contributed by atoms with Gasteiger partial charge in [0.05, 0.1) is 11.5 Å². The summed E-state index contributed by atoms with van der Waals surface area (Å²) in [4.78, 5) is 0. The fourth-order valence-corrected chi connectivity index (χ4v) is 1.86. The van der Waals surface area contributed by atoms with Gasteiger partial charge in [-0.15, -0.1) is 0 Å². The van der Waals surface area contributed by atoms with Crippen LogP contribution in [0.4, 0.5) is 0 Å². The second-order valence-electron chi connectivity index (χ2n) is 4.29. The number of hydrogen-bond acceptors (Lipinski definition) is 2. The predicted octanol–water partition coefficient (Wildman–Crippen LogP) is 2.74. The van der Waals surface area contributed by atoms with Gasteiger partial charge in [0.15, 0.2) is 0 Å². The second kappa shape index (κ2) is 4.62. The number of hydrogen-bond donors (Lipinski definition) is 0. The molecule has 0 saturated carbocycles. The molecule has 74 valence electrons. The third-order valence-corrected chi connectivity index (χ3v) is 3.13. The standard InChI is InChI=1S/C11H19NO/c1-3-11(2,9-12)8-10-4-6-13-7-5-10/h10H,3-8H2,1-2H3. The first kappa shape index (κ1) is 10.5. The molecule has 2 nitrogen and oxygen atoms in total. The minimum Gasteiger partial charge on any atom is -0.381 e. The maximum atomic E-state index is 9.03. The predicted molar refractivity (Wildman–Crippen MR) is 52.2 cm³/mol. The van der Waals surface area contributed by atoms with E-state index in [1.165, 1.54) is 0 Å². The molecule has 1 heterocycles. The Morgan fingerprint density at radius 1 is 1.46 bits per heavy atom. The third kappa shape index (κ3) is 3.00. The van der Waals surface area contributed by atoms with Crippen molar-refractivity contribution in [2.75, 3.05) is 13.2 Å². The molecule has 1 unspecified atom stereocenters. The highest BCUT2D eigenvalue weighted by Crippen LogP contribution is 2.33. The van der Waals surface area contributed by atoms with Crippen LogP contribution in [0.15, 0.2) is 0 Å². The van der Waals surface area contributed by atoms with Crippen molar-refractivity contribution in [2.45, 2.75) is 39.5 Å². The molecule has 0 aromatic carbocycles. The van der Waals surface area contributed by atoms with Gasteiger partial charge in [-0.1, -0.05) is 6.92 Å². The quantitative estimate of drug-likeness (QED) is 0.670. The van der Waals surface area contributed by atoms with Gasteiger partial charge in [0.25, 0.3) is 0 Å². The van der Waals surface area contributed by atoms with E-state index in [0.717, 1.165) is 38.9 Å². The van der Waals surface area contributed by atoms with Gasteiger partial charge in [0, 0.05) is 13.2 Å². The molecule has 1 rings (SSSR count). The van der Waals surface area contributed by atoms with Gasteiger partial charge in [-0.2, -0.15) is 5.26 Å². The summed E-state index contributed by atoms with van der Waals surface area (Å²) in [5.41, 5.74) is -0.109. The number of ether oxygens (including phenoxy) is 1. The van der Waals surface area contributed by atoms with Crippen LogP contribution in [0.3, 0.4) is 0 Å². The van der Waals surface area contributed by atoms with Gasteiger partial charge in [-0.05, 0) is 38.5 Å². The van der Waals surface area contributed by atoms with Crippen LogP contribution >= 0.6 is 0 Å². The van der Waals surface area contributed by atoms with Crippen LogP contribution in [0.1, 0.15) is 39.5 Å². The van der Waals surface area contributed by atoms with E-state index in [-0.39, 0.29) is 5.41 Å². The monoisotopic (exact) mass is 181 g/mol. The molecule has 0 spiro atoms. The maximum absolute atomic E-state index is 9.03. The first-order valence-electron chi connectivity index (χ1n) is 5.19. The van der Waals surface area contributed by atoms with Gasteiger partial charge >= 0.3 is 0 Å². The zero-order valence-electron chi connectivity index (χ0n) is 8.68. The third-order valence-electron chi connectivity index (χ3n) is 3.13. The molecule has 1 fully saturated rings. The van der Waals surface area contributed by atoms with Crippen molar-refractivity contribution in [3.63, 3.8) is 0 Å². The fourth-order valence-electron chi connectivity index (χ4n) is 1.86. The van der Waals surface area contributed by atoms with Crippen molar-refractivity contribution >= 4 is 0 Å². The molecule has 13 heavy (non-hydrogen) atoms. The molecule has 1 aliphatic rings. The normalized spacial score (nSPS) is 23.5. The Hall–Kier alpha value is -0.550. The van der Waals surface area contributed by atoms with Crippen LogP contribution in [0.25, 0.3) is 0 Å². The van der Waals surface area contributed by atoms with E-state index in [1.54, 1.807) is 0 Å². The van der Waals surface area contributed by atoms with E-state index in [1.807, 2.05) is 0 Å². The van der Waals surface area contributed by atoms with E-state index >= 15 is 0 Å². The van der Waals surface area contributed by atoms with Gasteiger partial charge in [0.1, 0.15) is 0 Å². The van der Waals surface area contributed by atoms with Gasteiger partial charge in [0.2, 0.25) is 0 Å². The zero-order chi connectivity index (χ0) is 9.73. The maximum Gasteiger partial charge on any atom is 0.0686 e. The lowest BCUT2D eigenvalue weighted by molar-refractivity contribution is 0.0545. The lowest BCUT2D eigenvalue weighted by atomic mass is 9.78. The SMILES string of the molecule is CCC(C)(C#N)CC1CCOCC1. The summed E-state index contributed by atoms with van der Waals surface area (Å²) < 4.78 is 5.30. The van der Waals surface area contributed by atoms with Crippen LogP contribution in [0, 0.1) is 22.7 Å². The number of rotatable bonds is 3. The van der Waals surface area contributed by atoms with Gasteiger partial charge in [-0.3, -0.25) is 0 Å². The van der Waals surface area contributed by atoms with Crippen molar-refractivity contribution in [2.24, 2.45) is 11.3 Å². The van der Waals surface area contributed by atoms with E-state index in [9.17, 15) is 0 Å². The summed E-state index contributed by atoms with van der Waals surface area (Å²) >= 11 is 0. The average Bonchev–Trinajstić information content (AvgIpc) is 2.19. The van der Waals surface area contributed by atoms with Crippen molar-refractivity contribution in [1.82, 2.24) is 0 Å². The van der Waals surface area contributed by atoms with E-state index in [2.05, 4.69) is 19.9 Å². The Balaban J connectivity index is 2.41. The smallest absolute Gasteiger partial charge is 0.0686 e. The number of nitriles is 1. The first-order chi connectivity index (χ1) is 6.20. The molecule has 1 aliphatic heterocycles. The minimum atomic E-state index is -0.109. The van der Waals surface area contributed by atoms with Crippen LogP contribution in [0.5, 0.6) is 0 Å². The van der Waals surface area contributed by atoms with Crippen molar-refractivity contribution in [1.29, 1.82) is 5.26 Å². The molecule has 0 aromatic heterocycles. The average molecular weight is 181 g/mol. The summed E-state index contributed by atoms with van der Waals surface area (Å²) in [6, 6.07) is 2.43. The molecular formula is C11H19NO. The van der Waals surface area contributed by atoms with E-state index < -0.39 is 0 Å². The highest BCUT2D eigenvalue weighted by atomic mass is 16.5. The van der Waals surface area contributed by atoms with Gasteiger partial charge < -0.3 is 4.74 Å². The largest absolute Gasteiger partial charge is 0.381 e. The highest BCUT2D eigenvalue weighted by Gasteiger charge is 2.27. The zero-order valence-corrected chi connectivity index (χ0v) is 8.68. The van der Waals surface area contributed by atoms with Crippen LogP contribution < -0.4 is 0 Å². The Bertz CT molecular complexity index is 191. The summed E-state index contributed by atoms with van der Waals surface area (Å²) in [5, 5.41) is 9.03. The number of nitrogens with zero attached hydrogens (tertiary/aromatic N) is 1. The molecule has 1 atom stereocenters. The second-order valence-corrected chi connectivity index (χ2v) is 4.29. The Kier molecular flexibility index (Phi) is 3.74. The first-order valence-corrected chi connectivity index (χ1v) is 5.19. The van der Waals surface area contributed by atoms with Crippen molar-refractivity contribution in [3.8, 4) is 6.07 Å². The fraction of sp³-hybridized carbons (Fsp3) is 0.909. The highest BCUT2D eigenvalue weighted by molar-refractivity contribution is 4.95. The molecule has 0 aromatic rings. The molecule has 0 N–H and O–H groups in total. The summed E-state index contributed by atoms with van der Waals surface area (Å²) in [7, 11) is 0. The topological polar surface area (TPSA) is 33.0 Å². The molecule has 0 radical (unpaired) electrons. The Morgan fingerprint density at radius 2 is 2.08 bits per heavy atom. The van der Waals surface area contributed by atoms with Crippen molar-refractivity contribution < 1.29 is 4.74 Å². The van der Waals surface area contributed by atoms with E-state index in [0.29, 0.717) is 5.92 Å². The van der Waals surface area contributed by atoms with Crippen molar-refractivity contribution in [3.05, 3.63) is 0 Å². The molecular weight excluding hydrogens is 162 g/mol. The molecule has 1 saturated heterocycles. The Labute approximate surface area is 80.9 Å². The molecule has 2 heteroatoms. The molecule has 0 bridgehead atoms. The van der Waals surface area contributed by atoms with Gasteiger partial charge in [-0.25, -0.2) is 0 Å². The van der Waals surface area contributed by atoms with Crippen LogP contribution in [0.2, 0.25) is 0 Å². The lowest BCUT2D eigenvalue weighted by Crippen LogP contribution is -2.23. The summed E-state index contributed by atoms with van der Waals surface area (Å²) in [6.07, 6.45) is 4.28. The molecule has 0 amide bonds. The van der Waals surface area contributed by atoms with E-state index in [4.69, 9.17) is 10.00 Å². The summed E-state index contributed by atoms with van der Waals surface area (Å²) in [6.45, 7) is 5.94. The minimum absolute atomic E-state index is 0.109. The molecule has 0 aliphatic carbocycles.